The summed E-state index contributed by atoms with van der Waals surface area (Å²) in [4.78, 5) is 0. The molecule has 0 aromatic heterocycles. The maximum atomic E-state index is 3.69. The summed E-state index contributed by atoms with van der Waals surface area (Å²) < 4.78 is 0. The number of benzene rings is 1. The molecule has 0 atom stereocenters. The molecule has 1 nitrogen and oxygen atoms in total. The first-order chi connectivity index (χ1) is 9.83. The molecule has 20 heavy (non-hydrogen) atoms. The minimum Gasteiger partial charge on any atom is -0.385 e. The van der Waals surface area contributed by atoms with Crippen LogP contribution in [0.3, 0.4) is 0 Å². The van der Waals surface area contributed by atoms with Gasteiger partial charge >= 0.3 is 0 Å². The van der Waals surface area contributed by atoms with Crippen molar-refractivity contribution in [2.45, 2.75) is 78.6 Å². The molecule has 1 aromatic rings. The summed E-state index contributed by atoms with van der Waals surface area (Å²) in [5.74, 6) is 0. The molecule has 1 N–H and O–H groups in total. The monoisotopic (exact) mass is 275 g/mol. The molecule has 0 unspecified atom stereocenters. The number of hydrogen-bond acceptors (Lipinski definition) is 1. The van der Waals surface area contributed by atoms with E-state index in [9.17, 15) is 0 Å². The van der Waals surface area contributed by atoms with Crippen LogP contribution in [0.4, 0.5) is 5.69 Å². The summed E-state index contributed by atoms with van der Waals surface area (Å²) in [7, 11) is 0. The summed E-state index contributed by atoms with van der Waals surface area (Å²) >= 11 is 0. The Kier molecular flexibility index (Phi) is 9.19. The third kappa shape index (κ3) is 5.98. The van der Waals surface area contributed by atoms with Crippen LogP contribution in [0, 0.1) is 0 Å². The average Bonchev–Trinajstić information content (AvgIpc) is 2.49. The van der Waals surface area contributed by atoms with Gasteiger partial charge in [-0.15, -0.1) is 0 Å². The second-order valence-corrected chi connectivity index (χ2v) is 5.71. The van der Waals surface area contributed by atoms with Crippen LogP contribution in [-0.4, -0.2) is 6.54 Å². The Balaban J connectivity index is 2.27. The zero-order valence-corrected chi connectivity index (χ0v) is 13.8. The number of nitrogens with one attached hydrogen (secondary N) is 1. The second kappa shape index (κ2) is 10.8. The van der Waals surface area contributed by atoms with Crippen LogP contribution in [0.1, 0.15) is 76.8 Å². The Morgan fingerprint density at radius 3 is 1.85 bits per heavy atom. The zero-order valence-electron chi connectivity index (χ0n) is 13.8. The molecule has 0 aliphatic rings. The Morgan fingerprint density at radius 2 is 1.30 bits per heavy atom. The lowest BCUT2D eigenvalue weighted by Crippen LogP contribution is -2.06. The molecule has 0 radical (unpaired) electrons. The lowest BCUT2D eigenvalue weighted by molar-refractivity contribution is 0.596. The Labute approximate surface area is 126 Å². The highest BCUT2D eigenvalue weighted by Crippen LogP contribution is 2.22. The third-order valence-electron chi connectivity index (χ3n) is 4.08. The SMILES string of the molecule is CCCCCCCCCNc1c(CC)cccc1CC. The van der Waals surface area contributed by atoms with Gasteiger partial charge in [0.15, 0.2) is 0 Å². The van der Waals surface area contributed by atoms with Gasteiger partial charge in [0.25, 0.3) is 0 Å². The Hall–Kier alpha value is -0.980. The predicted octanol–water partition coefficient (Wildman–Crippen LogP) is 5.97. The smallest absolute Gasteiger partial charge is 0.0405 e. The minimum atomic E-state index is 1.12. The highest BCUT2D eigenvalue weighted by atomic mass is 14.9. The van der Waals surface area contributed by atoms with E-state index in [-0.39, 0.29) is 0 Å². The lowest BCUT2D eigenvalue weighted by Gasteiger charge is -2.15. The quantitative estimate of drug-likeness (QED) is 0.490. The molecule has 0 bridgehead atoms. The van der Waals surface area contributed by atoms with Crippen LogP contribution in [0.25, 0.3) is 0 Å². The largest absolute Gasteiger partial charge is 0.385 e. The van der Waals surface area contributed by atoms with Gasteiger partial charge in [0.2, 0.25) is 0 Å². The fourth-order valence-corrected chi connectivity index (χ4v) is 2.77. The lowest BCUT2D eigenvalue weighted by atomic mass is 10.0. The fourth-order valence-electron chi connectivity index (χ4n) is 2.77. The van der Waals surface area contributed by atoms with Crippen molar-refractivity contribution in [1.29, 1.82) is 0 Å². The topological polar surface area (TPSA) is 12.0 Å². The van der Waals surface area contributed by atoms with Gasteiger partial charge in [-0.3, -0.25) is 0 Å². The van der Waals surface area contributed by atoms with Crippen LogP contribution in [0.2, 0.25) is 0 Å². The average molecular weight is 275 g/mol. The number of rotatable bonds is 11. The van der Waals surface area contributed by atoms with Crippen LogP contribution < -0.4 is 5.32 Å². The summed E-state index contributed by atoms with van der Waals surface area (Å²) in [6, 6.07) is 6.70. The van der Waals surface area contributed by atoms with E-state index in [0.29, 0.717) is 0 Å². The van der Waals surface area contributed by atoms with E-state index >= 15 is 0 Å². The minimum absolute atomic E-state index is 1.12. The van der Waals surface area contributed by atoms with Crippen LogP contribution >= 0.6 is 0 Å². The first-order valence-electron chi connectivity index (χ1n) is 8.68. The molecular formula is C19H33N. The second-order valence-electron chi connectivity index (χ2n) is 5.71. The van der Waals surface area contributed by atoms with E-state index in [1.807, 2.05) is 0 Å². The number of hydrogen-bond donors (Lipinski definition) is 1. The molecule has 0 aliphatic heterocycles. The number of aryl methyl sites for hydroxylation is 2. The number of para-hydroxylation sites is 1. The van der Waals surface area contributed by atoms with Crippen molar-refractivity contribution < 1.29 is 0 Å². The maximum absolute atomic E-state index is 3.69. The molecule has 0 heterocycles. The van der Waals surface area contributed by atoms with Crippen LogP contribution in [0.5, 0.6) is 0 Å². The van der Waals surface area contributed by atoms with E-state index in [4.69, 9.17) is 0 Å². The van der Waals surface area contributed by atoms with Gasteiger partial charge in [0.05, 0.1) is 0 Å². The van der Waals surface area contributed by atoms with Crippen molar-refractivity contribution in [3.63, 3.8) is 0 Å². The van der Waals surface area contributed by atoms with Gasteiger partial charge in [-0.05, 0) is 30.4 Å². The van der Waals surface area contributed by atoms with Gasteiger partial charge in [0.1, 0.15) is 0 Å². The van der Waals surface area contributed by atoms with E-state index in [2.05, 4.69) is 44.3 Å². The molecule has 0 fully saturated rings. The van der Waals surface area contributed by atoms with Crippen molar-refractivity contribution in [2.75, 3.05) is 11.9 Å². The van der Waals surface area contributed by atoms with Gasteiger partial charge in [0, 0.05) is 12.2 Å². The zero-order chi connectivity index (χ0) is 14.6. The van der Waals surface area contributed by atoms with Gasteiger partial charge in [-0.2, -0.15) is 0 Å². The molecule has 0 spiro atoms. The first-order valence-corrected chi connectivity index (χ1v) is 8.68. The van der Waals surface area contributed by atoms with Crippen molar-refractivity contribution in [1.82, 2.24) is 0 Å². The first kappa shape index (κ1) is 17.1. The van der Waals surface area contributed by atoms with E-state index in [1.165, 1.54) is 61.8 Å². The molecule has 0 saturated carbocycles. The van der Waals surface area contributed by atoms with Crippen molar-refractivity contribution in [3.05, 3.63) is 29.3 Å². The Bertz CT molecular complexity index is 335. The van der Waals surface area contributed by atoms with Gasteiger partial charge in [-0.25, -0.2) is 0 Å². The normalized spacial score (nSPS) is 10.8. The molecule has 0 saturated heterocycles. The molecule has 114 valence electrons. The van der Waals surface area contributed by atoms with Crippen molar-refractivity contribution >= 4 is 5.69 Å². The van der Waals surface area contributed by atoms with E-state index < -0.39 is 0 Å². The van der Waals surface area contributed by atoms with E-state index in [1.54, 1.807) is 0 Å². The molecule has 1 rings (SSSR count). The van der Waals surface area contributed by atoms with Gasteiger partial charge in [-0.1, -0.05) is 77.5 Å². The van der Waals surface area contributed by atoms with Crippen molar-refractivity contribution in [2.24, 2.45) is 0 Å². The highest BCUT2D eigenvalue weighted by Gasteiger charge is 2.04. The molecule has 1 aromatic carbocycles. The number of unbranched alkanes of at least 4 members (excludes halogenated alkanes) is 6. The molecule has 0 amide bonds. The van der Waals surface area contributed by atoms with Crippen LogP contribution in [-0.2, 0) is 12.8 Å². The van der Waals surface area contributed by atoms with Crippen molar-refractivity contribution in [3.8, 4) is 0 Å². The summed E-state index contributed by atoms with van der Waals surface area (Å²) in [6.07, 6.45) is 11.9. The summed E-state index contributed by atoms with van der Waals surface area (Å²) in [5.41, 5.74) is 4.34. The third-order valence-corrected chi connectivity index (χ3v) is 4.08. The van der Waals surface area contributed by atoms with Crippen LogP contribution in [0.15, 0.2) is 18.2 Å². The van der Waals surface area contributed by atoms with E-state index in [0.717, 1.165) is 19.4 Å². The standard InChI is InChI=1S/C19H33N/c1-4-7-8-9-10-11-12-16-20-19-17(5-2)14-13-15-18(19)6-3/h13-15,20H,4-12,16H2,1-3H3. The summed E-state index contributed by atoms with van der Waals surface area (Å²) in [5, 5.41) is 3.69. The molecular weight excluding hydrogens is 242 g/mol. The Morgan fingerprint density at radius 1 is 0.750 bits per heavy atom. The maximum Gasteiger partial charge on any atom is 0.0405 e. The number of anilines is 1. The van der Waals surface area contributed by atoms with Gasteiger partial charge < -0.3 is 5.32 Å². The summed E-state index contributed by atoms with van der Waals surface area (Å²) in [6.45, 7) is 7.89. The molecule has 1 heteroatoms. The highest BCUT2D eigenvalue weighted by molar-refractivity contribution is 5.57. The fraction of sp³-hybridized carbons (Fsp3) is 0.684. The molecule has 0 aliphatic carbocycles. The predicted molar refractivity (Wildman–Crippen MR) is 91.7 cm³/mol.